The van der Waals surface area contributed by atoms with E-state index >= 15 is 0 Å². The number of carbonyl (C=O) groups excluding carboxylic acids is 1. The molecule has 0 N–H and O–H groups in total. The SMILES string of the molecule is COc1ccc(OC)c2sc(N3CCN(C(=O)CCCS(=O)(=O)c4ccc(Cl)cc4)CC3)nc12. The van der Waals surface area contributed by atoms with Crippen LogP contribution in [0.4, 0.5) is 5.13 Å². The number of benzene rings is 2. The lowest BCUT2D eigenvalue weighted by Crippen LogP contribution is -2.48. The van der Waals surface area contributed by atoms with Gasteiger partial charge >= 0.3 is 0 Å². The van der Waals surface area contributed by atoms with Crippen LogP contribution in [0.2, 0.25) is 5.02 Å². The molecular formula is C23H26ClN3O5S2. The van der Waals surface area contributed by atoms with Gasteiger partial charge in [0.2, 0.25) is 5.91 Å². The average Bonchev–Trinajstić information content (AvgIpc) is 3.29. The molecule has 0 bridgehead atoms. The molecule has 2 heterocycles. The third-order valence-electron chi connectivity index (χ3n) is 5.78. The minimum atomic E-state index is -3.44. The molecule has 4 rings (SSSR count). The van der Waals surface area contributed by atoms with E-state index < -0.39 is 9.84 Å². The van der Waals surface area contributed by atoms with E-state index in [-0.39, 0.29) is 29.4 Å². The molecule has 34 heavy (non-hydrogen) atoms. The highest BCUT2D eigenvalue weighted by Crippen LogP contribution is 2.40. The van der Waals surface area contributed by atoms with Crippen molar-refractivity contribution in [3.8, 4) is 11.5 Å². The van der Waals surface area contributed by atoms with Crippen LogP contribution in [0.1, 0.15) is 12.8 Å². The number of aromatic nitrogens is 1. The Balaban J connectivity index is 1.32. The maximum Gasteiger partial charge on any atom is 0.222 e. The predicted octanol–water partition coefficient (Wildman–Crippen LogP) is 3.87. The Morgan fingerprint density at radius 1 is 1.03 bits per heavy atom. The third-order valence-corrected chi connectivity index (χ3v) is 8.98. The number of sulfone groups is 1. The Labute approximate surface area is 208 Å². The van der Waals surface area contributed by atoms with Gasteiger partial charge in [-0.05, 0) is 42.8 Å². The zero-order valence-corrected chi connectivity index (χ0v) is 21.4. The van der Waals surface area contributed by atoms with E-state index in [4.69, 9.17) is 26.1 Å². The van der Waals surface area contributed by atoms with Crippen molar-refractivity contribution < 1.29 is 22.7 Å². The second kappa shape index (κ2) is 10.4. The summed E-state index contributed by atoms with van der Waals surface area (Å²) in [6.07, 6.45) is 0.476. The first-order valence-corrected chi connectivity index (χ1v) is 13.7. The van der Waals surface area contributed by atoms with Crippen molar-refractivity contribution in [2.45, 2.75) is 17.7 Å². The molecule has 1 aliphatic rings. The highest BCUT2D eigenvalue weighted by atomic mass is 35.5. The van der Waals surface area contributed by atoms with Crippen molar-refractivity contribution in [1.29, 1.82) is 0 Å². The normalized spacial score (nSPS) is 14.4. The summed E-state index contributed by atoms with van der Waals surface area (Å²) in [5.41, 5.74) is 0.766. The number of ether oxygens (including phenoxy) is 2. The lowest BCUT2D eigenvalue weighted by atomic mass is 10.2. The van der Waals surface area contributed by atoms with E-state index in [9.17, 15) is 13.2 Å². The summed E-state index contributed by atoms with van der Waals surface area (Å²) < 4.78 is 36.8. The summed E-state index contributed by atoms with van der Waals surface area (Å²) in [6, 6.07) is 9.80. The standard InChI is InChI=1S/C23H26ClN3O5S2/c1-31-18-9-10-19(32-2)22-21(18)25-23(33-22)27-13-11-26(12-14-27)20(28)4-3-15-34(29,30)17-7-5-16(24)6-8-17/h5-10H,3-4,11-15H2,1-2H3. The van der Waals surface area contributed by atoms with Gasteiger partial charge in [-0.2, -0.15) is 0 Å². The van der Waals surface area contributed by atoms with Gasteiger partial charge in [0.05, 0.1) is 24.9 Å². The molecule has 0 spiro atoms. The molecule has 11 heteroatoms. The van der Waals surface area contributed by atoms with Gasteiger partial charge in [-0.3, -0.25) is 4.79 Å². The molecule has 1 fully saturated rings. The minimum absolute atomic E-state index is 0.0291. The first-order chi connectivity index (χ1) is 16.3. The minimum Gasteiger partial charge on any atom is -0.495 e. The smallest absolute Gasteiger partial charge is 0.222 e. The van der Waals surface area contributed by atoms with E-state index in [2.05, 4.69) is 4.90 Å². The zero-order valence-electron chi connectivity index (χ0n) is 19.0. The summed E-state index contributed by atoms with van der Waals surface area (Å²) >= 11 is 7.37. The molecule has 0 unspecified atom stereocenters. The number of piperazine rings is 1. The van der Waals surface area contributed by atoms with Crippen molar-refractivity contribution in [3.63, 3.8) is 0 Å². The number of hydrogen-bond acceptors (Lipinski definition) is 8. The number of carbonyl (C=O) groups is 1. The molecule has 0 radical (unpaired) electrons. The van der Waals surface area contributed by atoms with E-state index in [1.807, 2.05) is 12.1 Å². The Morgan fingerprint density at radius 3 is 2.32 bits per heavy atom. The van der Waals surface area contributed by atoms with Crippen LogP contribution in [0.3, 0.4) is 0 Å². The molecular weight excluding hydrogens is 498 g/mol. The Bertz CT molecular complexity index is 1230. The molecule has 1 amide bonds. The molecule has 0 atom stereocenters. The topological polar surface area (TPSA) is 89.0 Å². The van der Waals surface area contributed by atoms with Gasteiger partial charge in [-0.25, -0.2) is 13.4 Å². The Kier molecular flexibility index (Phi) is 7.49. The van der Waals surface area contributed by atoms with Crippen LogP contribution in [0.25, 0.3) is 10.2 Å². The molecule has 8 nitrogen and oxygen atoms in total. The van der Waals surface area contributed by atoms with Gasteiger partial charge in [0.1, 0.15) is 21.7 Å². The van der Waals surface area contributed by atoms with Crippen LogP contribution in [0.15, 0.2) is 41.3 Å². The highest BCUT2D eigenvalue weighted by Gasteiger charge is 2.25. The van der Waals surface area contributed by atoms with Gasteiger partial charge in [-0.1, -0.05) is 22.9 Å². The van der Waals surface area contributed by atoms with Gasteiger partial charge in [-0.15, -0.1) is 0 Å². The predicted molar refractivity (Wildman–Crippen MR) is 134 cm³/mol. The summed E-state index contributed by atoms with van der Waals surface area (Å²) in [5, 5.41) is 1.34. The number of amides is 1. The van der Waals surface area contributed by atoms with Gasteiger partial charge < -0.3 is 19.3 Å². The van der Waals surface area contributed by atoms with Crippen molar-refractivity contribution >= 4 is 54.0 Å². The number of halogens is 1. The van der Waals surface area contributed by atoms with E-state index in [1.165, 1.54) is 12.1 Å². The largest absolute Gasteiger partial charge is 0.495 e. The fourth-order valence-electron chi connectivity index (χ4n) is 3.89. The summed E-state index contributed by atoms with van der Waals surface area (Å²) in [6.45, 7) is 2.43. The molecule has 0 aliphatic carbocycles. The summed E-state index contributed by atoms with van der Waals surface area (Å²) in [4.78, 5) is 21.6. The number of fused-ring (bicyclic) bond motifs is 1. The van der Waals surface area contributed by atoms with Crippen molar-refractivity contribution in [2.75, 3.05) is 51.1 Å². The Hall–Kier alpha value is -2.56. The van der Waals surface area contributed by atoms with Gasteiger partial charge in [0.25, 0.3) is 0 Å². The van der Waals surface area contributed by atoms with Crippen LogP contribution in [0, 0.1) is 0 Å². The van der Waals surface area contributed by atoms with E-state index in [0.29, 0.717) is 37.0 Å². The third kappa shape index (κ3) is 5.24. The maximum atomic E-state index is 12.7. The van der Waals surface area contributed by atoms with Crippen molar-refractivity contribution in [3.05, 3.63) is 41.4 Å². The van der Waals surface area contributed by atoms with Crippen molar-refractivity contribution in [2.24, 2.45) is 0 Å². The molecule has 3 aromatic rings. The molecule has 1 saturated heterocycles. The average molecular weight is 524 g/mol. The quantitative estimate of drug-likeness (QED) is 0.443. The number of thiazole rings is 1. The number of nitrogens with zero attached hydrogens (tertiary/aromatic N) is 3. The number of hydrogen-bond donors (Lipinski definition) is 0. The zero-order chi connectivity index (χ0) is 24.3. The number of rotatable bonds is 8. The lowest BCUT2D eigenvalue weighted by molar-refractivity contribution is -0.131. The molecule has 0 saturated carbocycles. The fourth-order valence-corrected chi connectivity index (χ4v) is 6.45. The van der Waals surface area contributed by atoms with Crippen LogP contribution in [-0.4, -0.2) is 70.4 Å². The molecule has 182 valence electrons. The van der Waals surface area contributed by atoms with Crippen LogP contribution in [0.5, 0.6) is 11.5 Å². The molecule has 1 aliphatic heterocycles. The Morgan fingerprint density at radius 2 is 1.68 bits per heavy atom. The summed E-state index contributed by atoms with van der Waals surface area (Å²) in [5.74, 6) is 1.34. The van der Waals surface area contributed by atoms with Gasteiger partial charge in [0.15, 0.2) is 15.0 Å². The highest BCUT2D eigenvalue weighted by molar-refractivity contribution is 7.91. The maximum absolute atomic E-state index is 12.7. The first kappa shape index (κ1) is 24.6. The van der Waals surface area contributed by atoms with E-state index in [1.54, 1.807) is 42.6 Å². The second-order valence-corrected chi connectivity index (χ2v) is 11.4. The number of anilines is 1. The van der Waals surface area contributed by atoms with E-state index in [0.717, 1.165) is 21.1 Å². The van der Waals surface area contributed by atoms with Crippen molar-refractivity contribution in [1.82, 2.24) is 9.88 Å². The first-order valence-electron chi connectivity index (χ1n) is 10.8. The molecule has 2 aromatic carbocycles. The molecule has 1 aromatic heterocycles. The number of methoxy groups -OCH3 is 2. The summed E-state index contributed by atoms with van der Waals surface area (Å²) in [7, 11) is -0.191. The van der Waals surface area contributed by atoms with Gasteiger partial charge in [0, 0.05) is 37.6 Å². The van der Waals surface area contributed by atoms with Crippen LogP contribution in [-0.2, 0) is 14.6 Å². The fraction of sp³-hybridized carbons (Fsp3) is 0.391. The monoisotopic (exact) mass is 523 g/mol. The van der Waals surface area contributed by atoms with Crippen LogP contribution < -0.4 is 14.4 Å². The second-order valence-electron chi connectivity index (χ2n) is 7.89. The van der Waals surface area contributed by atoms with Crippen LogP contribution >= 0.6 is 22.9 Å². The lowest BCUT2D eigenvalue weighted by Gasteiger charge is -2.34.